The van der Waals surface area contributed by atoms with Crippen LogP contribution in [0.25, 0.3) is 0 Å². The summed E-state index contributed by atoms with van der Waals surface area (Å²) in [6.45, 7) is 9.26. The molecule has 3 unspecified atom stereocenters. The fraction of sp³-hybridized carbons (Fsp3) is 0.818. The van der Waals surface area contributed by atoms with E-state index in [1.165, 1.54) is 0 Å². The smallest absolute Gasteiger partial charge is 0.399 e. The Morgan fingerprint density at radius 3 is 2.35 bits per heavy atom. The molecule has 0 aromatic carbocycles. The molecule has 3 rings (SSSR count). The van der Waals surface area contributed by atoms with Gasteiger partial charge in [0.15, 0.2) is 0 Å². The molecular weight excluding hydrogens is 336 g/mol. The van der Waals surface area contributed by atoms with Crippen LogP contribution in [-0.2, 0) is 9.31 Å². The minimum absolute atomic E-state index is 0.0910. The Labute approximate surface area is 130 Å². The van der Waals surface area contributed by atoms with Crippen molar-refractivity contribution in [2.24, 2.45) is 0 Å². The lowest BCUT2D eigenvalue weighted by Crippen LogP contribution is -2.67. The van der Waals surface area contributed by atoms with Gasteiger partial charge < -0.3 is 14.0 Å². The Hall–Kier alpha value is 0.187. The van der Waals surface area contributed by atoms with E-state index in [1.807, 2.05) is 0 Å². The number of hydrogen-bond acceptors (Lipinski definition) is 5. The van der Waals surface area contributed by atoms with Gasteiger partial charge in [-0.3, -0.25) is 10.6 Å². The molecule has 3 atom stereocenters. The van der Waals surface area contributed by atoms with Gasteiger partial charge in [0.2, 0.25) is 0 Å². The highest BCUT2D eigenvalue weighted by Gasteiger charge is 2.54. The Bertz CT molecular complexity index is 422. The standard InChI is InChI=1S/C11H20B2BrN3O2Si/c1-20(2,3)5-4-9-11(15-6-10(14)16-9)17(12-7-18-12)13-8-19-13/h9-11,15-16H,6-8H2,1-3H3. The summed E-state index contributed by atoms with van der Waals surface area (Å²) in [6.07, 6.45) is 0.146. The van der Waals surface area contributed by atoms with Crippen LogP contribution in [0.2, 0.25) is 19.6 Å². The normalized spacial score (nSPS) is 33.0. The zero-order valence-corrected chi connectivity index (χ0v) is 14.7. The number of nitrogens with one attached hydrogen (secondary N) is 2. The second-order valence-corrected chi connectivity index (χ2v) is 12.4. The molecule has 0 spiro atoms. The molecule has 3 aliphatic rings. The molecule has 0 radical (unpaired) electrons. The molecule has 20 heavy (non-hydrogen) atoms. The first-order valence-electron chi connectivity index (χ1n) is 7.11. The number of rotatable bonds is 3. The Morgan fingerprint density at radius 1 is 1.25 bits per heavy atom. The maximum atomic E-state index is 5.47. The zero-order chi connectivity index (χ0) is 14.3. The summed E-state index contributed by atoms with van der Waals surface area (Å²) in [7, 11) is -1.01. The van der Waals surface area contributed by atoms with E-state index in [0.717, 1.165) is 19.6 Å². The van der Waals surface area contributed by atoms with Crippen molar-refractivity contribution in [1.29, 1.82) is 0 Å². The van der Waals surface area contributed by atoms with Gasteiger partial charge in [-0.2, -0.15) is 0 Å². The molecule has 0 bridgehead atoms. The van der Waals surface area contributed by atoms with E-state index in [2.05, 4.69) is 62.4 Å². The predicted octanol–water partition coefficient (Wildman–Crippen LogP) is -0.107. The molecular formula is C11H20B2BrN3O2Si. The lowest BCUT2D eigenvalue weighted by Gasteiger charge is -2.39. The van der Waals surface area contributed by atoms with Crippen LogP contribution in [-0.4, -0.2) is 63.6 Å². The van der Waals surface area contributed by atoms with Gasteiger partial charge in [0.25, 0.3) is 0 Å². The highest BCUT2D eigenvalue weighted by molar-refractivity contribution is 9.09. The third-order valence-corrected chi connectivity index (χ3v) is 4.89. The molecule has 0 aromatic rings. The van der Waals surface area contributed by atoms with E-state index < -0.39 is 8.07 Å². The summed E-state index contributed by atoms with van der Waals surface area (Å²) in [6, 6.07) is 0.0910. The average molecular weight is 356 g/mol. The van der Waals surface area contributed by atoms with Crippen LogP contribution in [0.5, 0.6) is 0 Å². The maximum absolute atomic E-state index is 5.47. The second-order valence-electron chi connectivity index (χ2n) is 6.51. The van der Waals surface area contributed by atoms with Gasteiger partial charge in [-0.1, -0.05) is 41.5 Å². The van der Waals surface area contributed by atoms with Crippen LogP contribution < -0.4 is 10.6 Å². The third kappa shape index (κ3) is 3.88. The van der Waals surface area contributed by atoms with Crippen molar-refractivity contribution in [3.8, 4) is 11.5 Å². The first kappa shape index (κ1) is 15.1. The number of nitrogens with zero attached hydrogens (tertiary/aromatic N) is 1. The summed E-state index contributed by atoms with van der Waals surface area (Å²) in [5.41, 5.74) is 3.47. The third-order valence-electron chi connectivity index (χ3n) is 3.40. The first-order chi connectivity index (χ1) is 9.44. The van der Waals surface area contributed by atoms with Crippen molar-refractivity contribution in [2.45, 2.75) is 36.8 Å². The fourth-order valence-corrected chi connectivity index (χ4v) is 3.41. The number of hydrogen-bond donors (Lipinski definition) is 2. The molecule has 0 aromatic heterocycles. The van der Waals surface area contributed by atoms with Crippen molar-refractivity contribution >= 4 is 38.1 Å². The first-order valence-corrected chi connectivity index (χ1v) is 11.5. The molecule has 0 amide bonds. The maximum Gasteiger partial charge on any atom is 0.399 e. The SMILES string of the molecule is C[Si](C)(C)C#CC1NC(Br)CNC1N(B1CO1)B1CO1. The van der Waals surface area contributed by atoms with Crippen molar-refractivity contribution in [3.63, 3.8) is 0 Å². The monoisotopic (exact) mass is 355 g/mol. The lowest BCUT2D eigenvalue weighted by molar-refractivity contribution is 0.265. The van der Waals surface area contributed by atoms with Crippen LogP contribution in [0.3, 0.4) is 0 Å². The van der Waals surface area contributed by atoms with Crippen LogP contribution in [0.1, 0.15) is 0 Å². The highest BCUT2D eigenvalue weighted by Crippen LogP contribution is 2.24. The zero-order valence-electron chi connectivity index (χ0n) is 12.1. The number of halogens is 1. The van der Waals surface area contributed by atoms with Crippen LogP contribution in [0, 0.1) is 11.5 Å². The molecule has 3 saturated heterocycles. The molecule has 0 aliphatic carbocycles. The summed E-state index contributed by atoms with van der Waals surface area (Å²) >= 11 is 3.62. The Balaban J connectivity index is 1.76. The molecule has 3 heterocycles. The Morgan fingerprint density at radius 2 is 1.85 bits per heavy atom. The molecule has 0 saturated carbocycles. The summed E-state index contributed by atoms with van der Waals surface area (Å²) < 4.78 is 13.2. The van der Waals surface area contributed by atoms with Crippen molar-refractivity contribution in [1.82, 2.24) is 15.4 Å². The van der Waals surface area contributed by atoms with Gasteiger partial charge in [0.1, 0.15) is 8.07 Å². The van der Waals surface area contributed by atoms with Crippen molar-refractivity contribution < 1.29 is 9.31 Å². The molecule has 3 fully saturated rings. The van der Waals surface area contributed by atoms with E-state index in [-0.39, 0.29) is 31.3 Å². The quantitative estimate of drug-likeness (QED) is 0.243. The van der Waals surface area contributed by atoms with Gasteiger partial charge in [-0.05, 0) is 0 Å². The van der Waals surface area contributed by atoms with Gasteiger partial charge >= 0.3 is 14.1 Å². The minimum atomic E-state index is -1.38. The fourth-order valence-electron chi connectivity index (χ4n) is 2.35. The van der Waals surface area contributed by atoms with Gasteiger partial charge in [-0.25, -0.2) is 0 Å². The molecule has 5 nitrogen and oxygen atoms in total. The Kier molecular flexibility index (Phi) is 4.35. The molecule has 2 N–H and O–H groups in total. The summed E-state index contributed by atoms with van der Waals surface area (Å²) in [4.78, 5) is 0.252. The second kappa shape index (κ2) is 5.76. The van der Waals surface area contributed by atoms with Crippen LogP contribution in [0.15, 0.2) is 0 Å². The van der Waals surface area contributed by atoms with Gasteiger partial charge in [-0.15, -0.1) is 5.54 Å². The number of piperazine rings is 1. The van der Waals surface area contributed by atoms with E-state index in [4.69, 9.17) is 9.31 Å². The largest absolute Gasteiger partial charge is 0.423 e. The minimum Gasteiger partial charge on any atom is -0.423 e. The predicted molar refractivity (Wildman–Crippen MR) is 87.8 cm³/mol. The average Bonchev–Trinajstić information content (AvgIpc) is 3.22. The van der Waals surface area contributed by atoms with E-state index in [0.29, 0.717) is 0 Å². The van der Waals surface area contributed by atoms with E-state index in [1.54, 1.807) is 0 Å². The van der Waals surface area contributed by atoms with Crippen LogP contribution >= 0.6 is 15.9 Å². The topological polar surface area (TPSA) is 52.4 Å². The van der Waals surface area contributed by atoms with Gasteiger partial charge in [0.05, 0.1) is 30.2 Å². The molecule has 3 aliphatic heterocycles. The summed E-state index contributed by atoms with van der Waals surface area (Å²) in [5, 5.41) is 7.10. The van der Waals surface area contributed by atoms with E-state index >= 15 is 0 Å². The van der Waals surface area contributed by atoms with Crippen molar-refractivity contribution in [2.75, 3.05) is 19.6 Å². The van der Waals surface area contributed by atoms with Crippen LogP contribution in [0.4, 0.5) is 0 Å². The van der Waals surface area contributed by atoms with Gasteiger partial charge in [0, 0.05) is 6.54 Å². The molecule has 9 heteroatoms. The highest BCUT2D eigenvalue weighted by atomic mass is 79.9. The van der Waals surface area contributed by atoms with Crippen molar-refractivity contribution in [3.05, 3.63) is 0 Å². The lowest BCUT2D eigenvalue weighted by atomic mass is 9.75. The number of alkyl halides is 1. The summed E-state index contributed by atoms with van der Waals surface area (Å²) in [5.74, 6) is 3.44. The van der Waals surface area contributed by atoms with E-state index in [9.17, 15) is 0 Å². The molecule has 108 valence electrons.